The van der Waals surface area contributed by atoms with Crippen LogP contribution in [0.2, 0.25) is 5.02 Å². The maximum atomic E-state index is 11.9. The molecule has 1 heterocycles. The number of nitrogens with one attached hydrogen (secondary N) is 2. The van der Waals surface area contributed by atoms with Crippen LogP contribution in [0.3, 0.4) is 0 Å². The molecule has 0 saturated carbocycles. The van der Waals surface area contributed by atoms with E-state index in [9.17, 15) is 4.79 Å². The lowest BCUT2D eigenvalue weighted by molar-refractivity contribution is 0.0945. The maximum absolute atomic E-state index is 11.9. The number of hydrogen-bond donors (Lipinski definition) is 2. The van der Waals surface area contributed by atoms with Crippen LogP contribution in [0.25, 0.3) is 0 Å². The molecule has 1 atom stereocenters. The van der Waals surface area contributed by atoms with E-state index < -0.39 is 0 Å². The van der Waals surface area contributed by atoms with E-state index in [0.717, 1.165) is 24.1 Å². The quantitative estimate of drug-likeness (QED) is 0.860. The zero-order valence-corrected chi connectivity index (χ0v) is 13.6. The molecule has 6 heteroatoms. The van der Waals surface area contributed by atoms with E-state index in [0.29, 0.717) is 16.5 Å². The number of carbonyl (C=O) groups is 1. The van der Waals surface area contributed by atoms with Gasteiger partial charge in [-0.05, 0) is 66.0 Å². The zero-order valence-electron chi connectivity index (χ0n) is 10.4. The summed E-state index contributed by atoms with van der Waals surface area (Å²) in [4.78, 5) is 11.9. The predicted molar refractivity (Wildman–Crippen MR) is 84.3 cm³/mol. The third-order valence-electron chi connectivity index (χ3n) is 3.13. The first-order chi connectivity index (χ1) is 8.66. The van der Waals surface area contributed by atoms with Crippen molar-refractivity contribution in [1.29, 1.82) is 0 Å². The van der Waals surface area contributed by atoms with Crippen molar-refractivity contribution >= 4 is 45.8 Å². The summed E-state index contributed by atoms with van der Waals surface area (Å²) in [5.41, 5.74) is 0.604. The molecule has 1 aliphatic rings. The Labute approximate surface area is 133 Å². The monoisotopic (exact) mass is 366 g/mol. The Morgan fingerprint density at radius 1 is 1.53 bits per heavy atom. The highest BCUT2D eigenvalue weighted by Gasteiger charge is 2.14. The molecule has 1 amide bonds. The summed E-state index contributed by atoms with van der Waals surface area (Å²) in [6.07, 6.45) is 2.36. The SMILES string of the molecule is Cl.O=C(NCC1CCCNC1)c1ccc(Br)c(Cl)c1. The van der Waals surface area contributed by atoms with Gasteiger partial charge in [0.15, 0.2) is 0 Å². The van der Waals surface area contributed by atoms with Crippen molar-refractivity contribution in [2.24, 2.45) is 5.92 Å². The Kier molecular flexibility index (Phi) is 7.15. The number of amides is 1. The topological polar surface area (TPSA) is 41.1 Å². The van der Waals surface area contributed by atoms with E-state index in [1.165, 1.54) is 12.8 Å². The molecule has 0 radical (unpaired) electrons. The minimum absolute atomic E-state index is 0. The molecule has 1 saturated heterocycles. The minimum atomic E-state index is -0.0602. The number of rotatable bonds is 3. The molecule has 1 aromatic carbocycles. The van der Waals surface area contributed by atoms with Crippen LogP contribution in [0, 0.1) is 5.92 Å². The van der Waals surface area contributed by atoms with Gasteiger partial charge in [0.1, 0.15) is 0 Å². The standard InChI is InChI=1S/C13H16BrClN2O.ClH/c14-11-4-3-10(6-12(11)15)13(18)17-8-9-2-1-5-16-7-9;/h3-4,6,9,16H,1-2,5,7-8H2,(H,17,18);1H. The van der Waals surface area contributed by atoms with Gasteiger partial charge >= 0.3 is 0 Å². The van der Waals surface area contributed by atoms with E-state index in [-0.39, 0.29) is 18.3 Å². The molecular weight excluding hydrogens is 351 g/mol. The number of benzene rings is 1. The molecule has 106 valence electrons. The van der Waals surface area contributed by atoms with Gasteiger partial charge < -0.3 is 10.6 Å². The largest absolute Gasteiger partial charge is 0.352 e. The van der Waals surface area contributed by atoms with E-state index in [2.05, 4.69) is 26.6 Å². The number of carbonyl (C=O) groups excluding carboxylic acids is 1. The third kappa shape index (κ3) is 4.95. The molecule has 0 bridgehead atoms. The van der Waals surface area contributed by atoms with Crippen LogP contribution in [0.4, 0.5) is 0 Å². The molecule has 1 fully saturated rings. The van der Waals surface area contributed by atoms with Crippen LogP contribution in [-0.2, 0) is 0 Å². The molecule has 1 unspecified atom stereocenters. The van der Waals surface area contributed by atoms with Crippen LogP contribution < -0.4 is 10.6 Å². The Morgan fingerprint density at radius 3 is 2.95 bits per heavy atom. The second-order valence-electron chi connectivity index (χ2n) is 4.55. The molecule has 3 nitrogen and oxygen atoms in total. The molecule has 1 aliphatic heterocycles. The molecule has 2 N–H and O–H groups in total. The lowest BCUT2D eigenvalue weighted by atomic mass is 10.00. The number of piperidine rings is 1. The summed E-state index contributed by atoms with van der Waals surface area (Å²) in [5, 5.41) is 6.86. The molecule has 0 aliphatic carbocycles. The van der Waals surface area contributed by atoms with Gasteiger partial charge in [-0.1, -0.05) is 11.6 Å². The maximum Gasteiger partial charge on any atom is 0.251 e. The van der Waals surface area contributed by atoms with E-state index >= 15 is 0 Å². The fourth-order valence-corrected chi connectivity index (χ4v) is 2.50. The predicted octanol–water partition coefficient (Wildman–Crippen LogP) is 3.25. The van der Waals surface area contributed by atoms with Crippen LogP contribution in [-0.4, -0.2) is 25.5 Å². The first kappa shape index (κ1) is 16.8. The number of hydrogen-bond acceptors (Lipinski definition) is 2. The first-order valence-corrected chi connectivity index (χ1v) is 7.28. The van der Waals surface area contributed by atoms with Gasteiger partial charge in [-0.3, -0.25) is 4.79 Å². The van der Waals surface area contributed by atoms with Gasteiger partial charge in [0.25, 0.3) is 5.91 Å². The summed E-state index contributed by atoms with van der Waals surface area (Å²) >= 11 is 9.28. The molecule has 1 aromatic rings. The number of halogens is 3. The van der Waals surface area contributed by atoms with Crippen molar-refractivity contribution < 1.29 is 4.79 Å². The van der Waals surface area contributed by atoms with Crippen molar-refractivity contribution in [1.82, 2.24) is 10.6 Å². The Balaban J connectivity index is 0.00000180. The lowest BCUT2D eigenvalue weighted by Crippen LogP contribution is -2.38. The smallest absolute Gasteiger partial charge is 0.251 e. The van der Waals surface area contributed by atoms with Crippen LogP contribution in [0.15, 0.2) is 22.7 Å². The van der Waals surface area contributed by atoms with Gasteiger partial charge in [-0.25, -0.2) is 0 Å². The van der Waals surface area contributed by atoms with Gasteiger partial charge in [0.2, 0.25) is 0 Å². The fraction of sp³-hybridized carbons (Fsp3) is 0.462. The lowest BCUT2D eigenvalue weighted by Gasteiger charge is -2.22. The molecular formula is C13H17BrCl2N2O. The van der Waals surface area contributed by atoms with Gasteiger partial charge in [-0.15, -0.1) is 12.4 Å². The van der Waals surface area contributed by atoms with Crippen LogP contribution in [0.5, 0.6) is 0 Å². The van der Waals surface area contributed by atoms with E-state index in [1.807, 2.05) is 0 Å². The third-order valence-corrected chi connectivity index (χ3v) is 4.36. The normalized spacial score (nSPS) is 18.5. The highest BCUT2D eigenvalue weighted by Crippen LogP contribution is 2.23. The average Bonchev–Trinajstić information content (AvgIpc) is 2.40. The van der Waals surface area contributed by atoms with E-state index in [4.69, 9.17) is 11.6 Å². The van der Waals surface area contributed by atoms with Crippen LogP contribution in [0.1, 0.15) is 23.2 Å². The second kappa shape index (κ2) is 8.10. The minimum Gasteiger partial charge on any atom is -0.352 e. The van der Waals surface area contributed by atoms with Crippen molar-refractivity contribution in [2.75, 3.05) is 19.6 Å². The highest BCUT2D eigenvalue weighted by molar-refractivity contribution is 9.10. The first-order valence-electron chi connectivity index (χ1n) is 6.11. The van der Waals surface area contributed by atoms with Crippen molar-refractivity contribution in [3.8, 4) is 0 Å². The summed E-state index contributed by atoms with van der Waals surface area (Å²) < 4.78 is 0.803. The zero-order chi connectivity index (χ0) is 13.0. The fourth-order valence-electron chi connectivity index (χ4n) is 2.07. The average molecular weight is 368 g/mol. The van der Waals surface area contributed by atoms with Crippen molar-refractivity contribution in [3.63, 3.8) is 0 Å². The molecule has 0 aromatic heterocycles. The summed E-state index contributed by atoms with van der Waals surface area (Å²) in [6, 6.07) is 5.24. The Morgan fingerprint density at radius 2 is 2.32 bits per heavy atom. The van der Waals surface area contributed by atoms with Crippen LogP contribution >= 0.6 is 39.9 Å². The molecule has 2 rings (SSSR count). The highest BCUT2D eigenvalue weighted by atomic mass is 79.9. The Hall–Kier alpha value is -0.290. The van der Waals surface area contributed by atoms with Gasteiger partial charge in [-0.2, -0.15) is 0 Å². The summed E-state index contributed by atoms with van der Waals surface area (Å²) in [7, 11) is 0. The molecule has 19 heavy (non-hydrogen) atoms. The Bertz CT molecular complexity index is 437. The summed E-state index contributed by atoms with van der Waals surface area (Å²) in [6.45, 7) is 2.80. The van der Waals surface area contributed by atoms with Crippen molar-refractivity contribution in [3.05, 3.63) is 33.3 Å². The van der Waals surface area contributed by atoms with Gasteiger partial charge in [0, 0.05) is 16.6 Å². The summed E-state index contributed by atoms with van der Waals surface area (Å²) in [5.74, 6) is 0.476. The van der Waals surface area contributed by atoms with Gasteiger partial charge in [0.05, 0.1) is 5.02 Å². The van der Waals surface area contributed by atoms with Crippen molar-refractivity contribution in [2.45, 2.75) is 12.8 Å². The van der Waals surface area contributed by atoms with E-state index in [1.54, 1.807) is 18.2 Å². The molecule has 0 spiro atoms. The second-order valence-corrected chi connectivity index (χ2v) is 5.81.